The van der Waals surface area contributed by atoms with Gasteiger partial charge in [0.1, 0.15) is 18.1 Å². The molecule has 15 N–H and O–H groups in total. The van der Waals surface area contributed by atoms with Gasteiger partial charge < -0.3 is 54.7 Å². The van der Waals surface area contributed by atoms with Gasteiger partial charge in [0.15, 0.2) is 11.9 Å². The Hall–Kier alpha value is -4.86. The highest BCUT2D eigenvalue weighted by molar-refractivity contribution is 5.94. The topological polar surface area (TPSA) is 295 Å². The summed E-state index contributed by atoms with van der Waals surface area (Å²) in [5, 5.41) is 17.7. The highest BCUT2D eigenvalue weighted by Gasteiger charge is 2.29. The molecular weight excluding hydrogens is 546 g/mol. The number of aromatic amines is 1. The van der Waals surface area contributed by atoms with Gasteiger partial charge in [-0.3, -0.25) is 29.2 Å². The molecule has 2 aromatic rings. The number of carbonyl (C=O) groups is 4. The molecule has 0 fully saturated rings. The fraction of sp³-hybridized carbons (Fsp3) is 0.462. The molecule has 230 valence electrons. The number of nitrogens with zero attached hydrogens (tertiary/aromatic N) is 2. The largest absolute Gasteiger partial charge is 0.480 e. The predicted octanol–water partition coefficient (Wildman–Crippen LogP) is -2.30. The molecule has 4 unspecified atom stereocenters. The number of carbonyl (C=O) groups excluding carboxylic acids is 3. The molecule has 42 heavy (non-hydrogen) atoms. The van der Waals surface area contributed by atoms with Crippen molar-refractivity contribution in [3.63, 3.8) is 0 Å². The Morgan fingerprint density at radius 1 is 0.857 bits per heavy atom. The molecular formula is C26H41N11O5. The minimum atomic E-state index is -1.25. The number of benzene rings is 1. The first-order valence-electron chi connectivity index (χ1n) is 13.4. The Bertz CT molecular complexity index is 1280. The number of carboxylic acids is 1. The van der Waals surface area contributed by atoms with Gasteiger partial charge in [0, 0.05) is 30.2 Å². The van der Waals surface area contributed by atoms with Crippen molar-refractivity contribution in [1.29, 1.82) is 0 Å². The summed E-state index contributed by atoms with van der Waals surface area (Å²) in [6.07, 6.45) is 2.83. The number of hydrogen-bond donors (Lipinski definition) is 10. The zero-order chi connectivity index (χ0) is 31.2. The van der Waals surface area contributed by atoms with Crippen LogP contribution in [0.15, 0.2) is 40.4 Å². The van der Waals surface area contributed by atoms with Gasteiger partial charge >= 0.3 is 5.97 Å². The van der Waals surface area contributed by atoms with E-state index in [1.54, 1.807) is 6.20 Å². The van der Waals surface area contributed by atoms with Crippen LogP contribution in [0.2, 0.25) is 0 Å². The van der Waals surface area contributed by atoms with Crippen molar-refractivity contribution in [3.05, 3.63) is 36.0 Å². The smallest absolute Gasteiger partial charge is 0.325 e. The maximum Gasteiger partial charge on any atom is 0.325 e. The van der Waals surface area contributed by atoms with Gasteiger partial charge in [-0.2, -0.15) is 0 Å². The average Bonchev–Trinajstić information content (AvgIpc) is 3.33. The number of aromatic nitrogens is 1. The maximum absolute atomic E-state index is 13.4. The fourth-order valence-corrected chi connectivity index (χ4v) is 4.10. The van der Waals surface area contributed by atoms with Crippen LogP contribution in [0.3, 0.4) is 0 Å². The molecule has 2 rings (SSSR count). The Balaban J connectivity index is 2.17. The highest BCUT2D eigenvalue weighted by atomic mass is 16.4. The molecule has 1 aromatic heterocycles. The maximum atomic E-state index is 13.4. The summed E-state index contributed by atoms with van der Waals surface area (Å²) in [6.45, 7) is 1.67. The number of hydrogen-bond acceptors (Lipinski definition) is 7. The summed E-state index contributed by atoms with van der Waals surface area (Å²) in [4.78, 5) is 61.5. The van der Waals surface area contributed by atoms with Gasteiger partial charge in [-0.25, -0.2) is 0 Å². The molecule has 0 bridgehead atoms. The third-order valence-corrected chi connectivity index (χ3v) is 6.34. The first kappa shape index (κ1) is 33.3. The van der Waals surface area contributed by atoms with E-state index in [0.717, 1.165) is 16.5 Å². The summed E-state index contributed by atoms with van der Waals surface area (Å²) in [7, 11) is 0. The molecule has 0 saturated heterocycles. The van der Waals surface area contributed by atoms with Gasteiger partial charge in [0.05, 0.1) is 6.04 Å². The number of amides is 3. The lowest BCUT2D eigenvalue weighted by atomic mass is 10.0. The van der Waals surface area contributed by atoms with Gasteiger partial charge in [0.25, 0.3) is 0 Å². The highest BCUT2D eigenvalue weighted by Crippen LogP contribution is 2.19. The van der Waals surface area contributed by atoms with Gasteiger partial charge in [-0.05, 0) is 50.7 Å². The lowest BCUT2D eigenvalue weighted by Crippen LogP contribution is -2.57. The van der Waals surface area contributed by atoms with E-state index in [1.807, 2.05) is 24.3 Å². The third-order valence-electron chi connectivity index (χ3n) is 6.34. The van der Waals surface area contributed by atoms with E-state index in [0.29, 0.717) is 12.8 Å². The van der Waals surface area contributed by atoms with Gasteiger partial charge in [-0.1, -0.05) is 18.2 Å². The van der Waals surface area contributed by atoms with Crippen LogP contribution in [0.25, 0.3) is 10.9 Å². The molecule has 0 radical (unpaired) electrons. The summed E-state index contributed by atoms with van der Waals surface area (Å²) in [6, 6.07) is 3.18. The molecule has 16 nitrogen and oxygen atoms in total. The third kappa shape index (κ3) is 11.0. The van der Waals surface area contributed by atoms with Crippen LogP contribution in [0.4, 0.5) is 0 Å². The quantitative estimate of drug-likeness (QED) is 0.0536. The minimum Gasteiger partial charge on any atom is -0.480 e. The molecule has 1 aromatic carbocycles. The minimum absolute atomic E-state index is 0.0927. The van der Waals surface area contributed by atoms with Crippen LogP contribution in [0.1, 0.15) is 38.2 Å². The Morgan fingerprint density at radius 2 is 1.38 bits per heavy atom. The van der Waals surface area contributed by atoms with Gasteiger partial charge in [-0.15, -0.1) is 0 Å². The van der Waals surface area contributed by atoms with E-state index < -0.39 is 47.9 Å². The lowest BCUT2D eigenvalue weighted by molar-refractivity contribution is -0.141. The second-order valence-corrected chi connectivity index (χ2v) is 9.76. The molecule has 0 aliphatic carbocycles. The van der Waals surface area contributed by atoms with Crippen LogP contribution in [0.5, 0.6) is 0 Å². The molecule has 0 saturated carbocycles. The number of fused-ring (bicyclic) bond motifs is 1. The Kier molecular flexibility index (Phi) is 13.0. The monoisotopic (exact) mass is 587 g/mol. The number of H-pyrrole nitrogens is 1. The van der Waals surface area contributed by atoms with E-state index >= 15 is 0 Å². The van der Waals surface area contributed by atoms with Crippen molar-refractivity contribution < 1.29 is 24.3 Å². The molecule has 16 heteroatoms. The fourth-order valence-electron chi connectivity index (χ4n) is 4.10. The first-order valence-corrected chi connectivity index (χ1v) is 13.4. The summed E-state index contributed by atoms with van der Waals surface area (Å²) in [5.41, 5.74) is 29.4. The molecule has 4 atom stereocenters. The number of nitrogens with two attached hydrogens (primary N) is 5. The van der Waals surface area contributed by atoms with Crippen LogP contribution < -0.4 is 44.6 Å². The number of nitrogens with one attached hydrogen (secondary N) is 4. The summed E-state index contributed by atoms with van der Waals surface area (Å²) < 4.78 is 0. The number of para-hydroxylation sites is 1. The van der Waals surface area contributed by atoms with E-state index in [9.17, 15) is 24.3 Å². The van der Waals surface area contributed by atoms with Crippen molar-refractivity contribution in [2.75, 3.05) is 13.1 Å². The predicted molar refractivity (Wildman–Crippen MR) is 159 cm³/mol. The standard InChI is InChI=1S/C26H41N11O5/c1-14(24(41)42)35-22(39)19(8-4-10-32-25(28)29)37-23(40)20(9-5-11-33-26(30)31)36-21(38)17(27)12-15-13-34-18-7-3-2-6-16(15)18/h2-3,6-7,13-14,17,19-20,34H,4-5,8-12,27H2,1H3,(H,35,39)(H,36,38)(H,37,40)(H,41,42)(H4,28,29,32)(H4,30,31,33). The van der Waals surface area contributed by atoms with Crippen molar-refractivity contribution in [2.24, 2.45) is 38.7 Å². The van der Waals surface area contributed by atoms with Crippen molar-refractivity contribution in [3.8, 4) is 0 Å². The number of carboxylic acid groups (broad SMARTS) is 1. The molecule has 3 amide bonds. The molecule has 0 spiro atoms. The van der Waals surface area contributed by atoms with E-state index in [4.69, 9.17) is 28.7 Å². The SMILES string of the molecule is CC(NC(=O)C(CCCN=C(N)N)NC(=O)C(CCCN=C(N)N)NC(=O)C(N)Cc1c[nH]c2ccccc12)C(=O)O. The normalized spacial score (nSPS) is 13.7. The number of aliphatic carboxylic acids is 1. The second-order valence-electron chi connectivity index (χ2n) is 9.76. The second kappa shape index (κ2) is 16.4. The van der Waals surface area contributed by atoms with Crippen molar-refractivity contribution in [2.45, 2.75) is 63.2 Å². The molecule has 0 aliphatic heterocycles. The lowest BCUT2D eigenvalue weighted by Gasteiger charge is -2.24. The Morgan fingerprint density at radius 3 is 1.93 bits per heavy atom. The van der Waals surface area contributed by atoms with E-state index in [2.05, 4.69) is 30.9 Å². The summed E-state index contributed by atoms with van der Waals surface area (Å²) in [5.74, 6) is -3.46. The van der Waals surface area contributed by atoms with Crippen molar-refractivity contribution >= 4 is 46.5 Å². The number of aliphatic imine (C=N–C) groups is 2. The van der Waals surface area contributed by atoms with E-state index in [1.165, 1.54) is 6.92 Å². The number of guanidine groups is 2. The van der Waals surface area contributed by atoms with Crippen LogP contribution in [-0.4, -0.2) is 83.0 Å². The van der Waals surface area contributed by atoms with Gasteiger partial charge in [0.2, 0.25) is 17.7 Å². The zero-order valence-corrected chi connectivity index (χ0v) is 23.5. The van der Waals surface area contributed by atoms with Crippen LogP contribution in [0, 0.1) is 0 Å². The zero-order valence-electron chi connectivity index (χ0n) is 23.5. The summed E-state index contributed by atoms with van der Waals surface area (Å²) >= 11 is 0. The molecule has 1 heterocycles. The number of rotatable bonds is 17. The molecule has 0 aliphatic rings. The Labute approximate surface area is 242 Å². The first-order chi connectivity index (χ1) is 19.9. The average molecular weight is 588 g/mol. The van der Waals surface area contributed by atoms with Crippen LogP contribution in [-0.2, 0) is 25.6 Å². The van der Waals surface area contributed by atoms with E-state index in [-0.39, 0.29) is 44.3 Å². The van der Waals surface area contributed by atoms with Crippen molar-refractivity contribution in [1.82, 2.24) is 20.9 Å². The van der Waals surface area contributed by atoms with Crippen LogP contribution >= 0.6 is 0 Å².